The molecular formula is C19H19ClN2O2. The Morgan fingerprint density at radius 2 is 1.62 bits per heavy atom. The summed E-state index contributed by atoms with van der Waals surface area (Å²) in [6.07, 6.45) is 0. The quantitative estimate of drug-likeness (QED) is 0.635. The standard InChI is InChI=1S/C19H19ClN2O2/c1-14-5-7-15(8-6-14)18(23)19(24)22-11-9-21(10-12-22)17-4-2-3-16(20)13-17/h2-8,13H,9-12H2,1H3. The van der Waals surface area contributed by atoms with Crippen molar-refractivity contribution in [1.82, 2.24) is 4.90 Å². The summed E-state index contributed by atoms with van der Waals surface area (Å²) in [5.74, 6) is -0.865. The van der Waals surface area contributed by atoms with Gasteiger partial charge < -0.3 is 9.80 Å². The molecule has 1 aliphatic heterocycles. The van der Waals surface area contributed by atoms with Gasteiger partial charge in [0.05, 0.1) is 0 Å². The Kier molecular flexibility index (Phi) is 4.86. The second-order valence-electron chi connectivity index (χ2n) is 5.95. The molecule has 1 amide bonds. The number of amides is 1. The average molecular weight is 343 g/mol. The summed E-state index contributed by atoms with van der Waals surface area (Å²) in [6, 6.07) is 14.8. The van der Waals surface area contributed by atoms with Crippen molar-refractivity contribution in [2.24, 2.45) is 0 Å². The number of hydrogen-bond donors (Lipinski definition) is 0. The zero-order valence-electron chi connectivity index (χ0n) is 13.5. The SMILES string of the molecule is Cc1ccc(C(=O)C(=O)N2CCN(c3cccc(Cl)c3)CC2)cc1. The molecule has 0 radical (unpaired) electrons. The van der Waals surface area contributed by atoms with Gasteiger partial charge in [0.1, 0.15) is 0 Å². The maximum absolute atomic E-state index is 12.4. The number of piperazine rings is 1. The monoisotopic (exact) mass is 342 g/mol. The van der Waals surface area contributed by atoms with Gasteiger partial charge in [-0.1, -0.05) is 47.5 Å². The highest BCUT2D eigenvalue weighted by atomic mass is 35.5. The minimum Gasteiger partial charge on any atom is -0.368 e. The van der Waals surface area contributed by atoms with Crippen LogP contribution in [0.1, 0.15) is 15.9 Å². The van der Waals surface area contributed by atoms with E-state index in [9.17, 15) is 9.59 Å². The van der Waals surface area contributed by atoms with Crippen LogP contribution in [0, 0.1) is 6.92 Å². The van der Waals surface area contributed by atoms with Gasteiger partial charge in [-0.05, 0) is 25.1 Å². The minimum atomic E-state index is -0.439. The molecule has 0 aromatic heterocycles. The van der Waals surface area contributed by atoms with Crippen molar-refractivity contribution in [3.63, 3.8) is 0 Å². The highest BCUT2D eigenvalue weighted by Gasteiger charge is 2.26. The summed E-state index contributed by atoms with van der Waals surface area (Å²) in [5, 5.41) is 0.695. The summed E-state index contributed by atoms with van der Waals surface area (Å²) in [7, 11) is 0. The van der Waals surface area contributed by atoms with Crippen LogP contribution in [0.3, 0.4) is 0 Å². The van der Waals surface area contributed by atoms with Crippen LogP contribution >= 0.6 is 11.6 Å². The molecule has 1 aliphatic rings. The molecule has 1 fully saturated rings. The van der Waals surface area contributed by atoms with Crippen LogP contribution in [0.2, 0.25) is 5.02 Å². The molecule has 1 heterocycles. The van der Waals surface area contributed by atoms with Gasteiger partial charge in [0.2, 0.25) is 5.78 Å². The molecule has 0 spiro atoms. The molecule has 0 aliphatic carbocycles. The molecule has 5 heteroatoms. The van der Waals surface area contributed by atoms with E-state index in [0.717, 1.165) is 11.3 Å². The molecule has 0 bridgehead atoms. The molecule has 0 N–H and O–H groups in total. The van der Waals surface area contributed by atoms with Gasteiger partial charge in [0.15, 0.2) is 0 Å². The van der Waals surface area contributed by atoms with E-state index in [4.69, 9.17) is 11.6 Å². The van der Waals surface area contributed by atoms with E-state index in [1.807, 2.05) is 43.3 Å². The zero-order chi connectivity index (χ0) is 17.1. The number of nitrogens with zero attached hydrogens (tertiary/aromatic N) is 2. The topological polar surface area (TPSA) is 40.6 Å². The van der Waals surface area contributed by atoms with Crippen molar-refractivity contribution in [1.29, 1.82) is 0 Å². The lowest BCUT2D eigenvalue weighted by Gasteiger charge is -2.35. The van der Waals surface area contributed by atoms with Crippen LogP contribution in [0.4, 0.5) is 5.69 Å². The van der Waals surface area contributed by atoms with Crippen molar-refractivity contribution < 1.29 is 9.59 Å². The number of benzene rings is 2. The van der Waals surface area contributed by atoms with Gasteiger partial charge in [-0.25, -0.2) is 0 Å². The van der Waals surface area contributed by atoms with E-state index in [1.165, 1.54) is 0 Å². The van der Waals surface area contributed by atoms with Crippen molar-refractivity contribution in [2.75, 3.05) is 31.1 Å². The predicted octanol–water partition coefficient (Wildman–Crippen LogP) is 3.18. The predicted molar refractivity (Wildman–Crippen MR) is 95.8 cm³/mol. The fourth-order valence-corrected chi connectivity index (χ4v) is 3.00. The summed E-state index contributed by atoms with van der Waals surface area (Å²) >= 11 is 6.03. The van der Waals surface area contributed by atoms with Crippen molar-refractivity contribution in [3.05, 3.63) is 64.7 Å². The van der Waals surface area contributed by atoms with E-state index in [1.54, 1.807) is 17.0 Å². The Morgan fingerprint density at radius 3 is 2.25 bits per heavy atom. The molecule has 4 nitrogen and oxygen atoms in total. The number of hydrogen-bond acceptors (Lipinski definition) is 3. The number of ketones is 1. The molecule has 24 heavy (non-hydrogen) atoms. The Bertz CT molecular complexity index is 750. The number of carbonyl (C=O) groups excluding carboxylic acids is 2. The third-order valence-electron chi connectivity index (χ3n) is 4.25. The summed E-state index contributed by atoms with van der Waals surface area (Å²) in [6.45, 7) is 4.39. The Balaban J connectivity index is 1.62. The summed E-state index contributed by atoms with van der Waals surface area (Å²) < 4.78 is 0. The lowest BCUT2D eigenvalue weighted by Crippen LogP contribution is -2.50. The molecule has 124 valence electrons. The van der Waals surface area contributed by atoms with Gasteiger partial charge in [0.25, 0.3) is 5.91 Å². The second-order valence-corrected chi connectivity index (χ2v) is 6.39. The van der Waals surface area contributed by atoms with Crippen LogP contribution in [-0.2, 0) is 4.79 Å². The number of aryl methyl sites for hydroxylation is 1. The minimum absolute atomic E-state index is 0.426. The maximum atomic E-state index is 12.4. The Morgan fingerprint density at radius 1 is 0.958 bits per heavy atom. The first-order valence-electron chi connectivity index (χ1n) is 7.95. The molecule has 0 atom stereocenters. The molecule has 3 rings (SSSR count). The first-order chi connectivity index (χ1) is 11.5. The molecule has 1 saturated heterocycles. The van der Waals surface area contributed by atoms with Crippen molar-refractivity contribution >= 4 is 29.0 Å². The molecule has 2 aromatic carbocycles. The van der Waals surface area contributed by atoms with E-state index >= 15 is 0 Å². The largest absolute Gasteiger partial charge is 0.368 e. The summed E-state index contributed by atoms with van der Waals surface area (Å²) in [4.78, 5) is 28.5. The lowest BCUT2D eigenvalue weighted by atomic mass is 10.1. The van der Waals surface area contributed by atoms with E-state index in [-0.39, 0.29) is 0 Å². The van der Waals surface area contributed by atoms with Gasteiger partial charge >= 0.3 is 0 Å². The normalized spacial score (nSPS) is 14.6. The Hall–Kier alpha value is -2.33. The van der Waals surface area contributed by atoms with Gasteiger partial charge in [-0.3, -0.25) is 9.59 Å². The van der Waals surface area contributed by atoms with Crippen LogP contribution in [0.5, 0.6) is 0 Å². The van der Waals surface area contributed by atoms with Gasteiger partial charge in [0, 0.05) is 42.5 Å². The van der Waals surface area contributed by atoms with Crippen LogP contribution < -0.4 is 4.90 Å². The van der Waals surface area contributed by atoms with Crippen LogP contribution in [0.15, 0.2) is 48.5 Å². The van der Waals surface area contributed by atoms with E-state index < -0.39 is 11.7 Å². The summed E-state index contributed by atoms with van der Waals surface area (Å²) in [5.41, 5.74) is 2.55. The first kappa shape index (κ1) is 16.5. The number of Topliss-reactive ketones (excluding diaryl/α,β-unsaturated/α-hetero) is 1. The van der Waals surface area contributed by atoms with Crippen LogP contribution in [-0.4, -0.2) is 42.8 Å². The zero-order valence-corrected chi connectivity index (χ0v) is 14.3. The van der Waals surface area contributed by atoms with Crippen molar-refractivity contribution in [2.45, 2.75) is 6.92 Å². The highest BCUT2D eigenvalue weighted by Crippen LogP contribution is 2.21. The molecule has 0 saturated carbocycles. The number of halogens is 1. The Labute approximate surface area is 146 Å². The fourth-order valence-electron chi connectivity index (χ4n) is 2.81. The molecular weight excluding hydrogens is 324 g/mol. The fraction of sp³-hybridized carbons (Fsp3) is 0.263. The second kappa shape index (κ2) is 7.05. The molecule has 2 aromatic rings. The number of rotatable bonds is 3. The van der Waals surface area contributed by atoms with E-state index in [0.29, 0.717) is 36.8 Å². The third kappa shape index (κ3) is 3.60. The first-order valence-corrected chi connectivity index (χ1v) is 8.33. The lowest BCUT2D eigenvalue weighted by molar-refractivity contribution is -0.126. The highest BCUT2D eigenvalue weighted by molar-refractivity contribution is 6.42. The van der Waals surface area contributed by atoms with Gasteiger partial charge in [-0.2, -0.15) is 0 Å². The smallest absolute Gasteiger partial charge is 0.295 e. The van der Waals surface area contributed by atoms with E-state index in [2.05, 4.69) is 4.90 Å². The third-order valence-corrected chi connectivity index (χ3v) is 4.48. The number of carbonyl (C=O) groups is 2. The average Bonchev–Trinajstić information content (AvgIpc) is 2.61. The van der Waals surface area contributed by atoms with Crippen LogP contribution in [0.25, 0.3) is 0 Å². The number of anilines is 1. The van der Waals surface area contributed by atoms with Crippen molar-refractivity contribution in [3.8, 4) is 0 Å². The van der Waals surface area contributed by atoms with Gasteiger partial charge in [-0.15, -0.1) is 0 Å². The maximum Gasteiger partial charge on any atom is 0.295 e. The molecule has 0 unspecified atom stereocenters.